The van der Waals surface area contributed by atoms with Crippen LogP contribution in [0.15, 0.2) is 18.2 Å². The highest BCUT2D eigenvalue weighted by Gasteiger charge is 2.25. The molecule has 1 aliphatic rings. The van der Waals surface area contributed by atoms with Gasteiger partial charge in [0.2, 0.25) is 5.91 Å². The second-order valence-electron chi connectivity index (χ2n) is 5.33. The summed E-state index contributed by atoms with van der Waals surface area (Å²) in [6, 6.07) is 6.11. The molecule has 0 N–H and O–H groups in total. The quantitative estimate of drug-likeness (QED) is 0.778. The predicted octanol–water partition coefficient (Wildman–Crippen LogP) is 2.15. The van der Waals surface area contributed by atoms with Gasteiger partial charge in [0, 0.05) is 43.9 Å². The van der Waals surface area contributed by atoms with Crippen molar-refractivity contribution < 1.29 is 14.3 Å². The topological polar surface area (TPSA) is 42.0 Å². The third kappa shape index (κ3) is 3.65. The molecular weight excluding hydrogens is 304 g/mol. The van der Waals surface area contributed by atoms with Crippen molar-refractivity contribution >= 4 is 17.5 Å². The van der Waals surface area contributed by atoms with Crippen molar-refractivity contribution in [3.63, 3.8) is 0 Å². The minimum Gasteiger partial charge on any atom is -0.497 e. The monoisotopic (exact) mass is 326 g/mol. The van der Waals surface area contributed by atoms with Crippen LogP contribution in [0.3, 0.4) is 0 Å². The van der Waals surface area contributed by atoms with Crippen molar-refractivity contribution in [3.05, 3.63) is 23.8 Å². The summed E-state index contributed by atoms with van der Waals surface area (Å²) in [5.74, 6) is 1.68. The highest BCUT2D eigenvalue weighted by atomic mass is 35.5. The van der Waals surface area contributed by atoms with Crippen LogP contribution in [0.4, 0.5) is 0 Å². The number of carbonyl (C=O) groups is 1. The summed E-state index contributed by atoms with van der Waals surface area (Å²) in [7, 11) is 3.31. The van der Waals surface area contributed by atoms with E-state index < -0.39 is 0 Å². The molecule has 0 radical (unpaired) electrons. The number of rotatable bonds is 5. The molecule has 1 atom stereocenters. The molecule has 6 heteroatoms. The minimum absolute atomic E-state index is 0.0102. The Kier molecular flexibility index (Phi) is 5.91. The third-order valence-corrected chi connectivity index (χ3v) is 4.45. The van der Waals surface area contributed by atoms with Gasteiger partial charge in [0.1, 0.15) is 17.4 Å². The van der Waals surface area contributed by atoms with Crippen molar-refractivity contribution in [1.29, 1.82) is 0 Å². The molecular formula is C16H23ClN2O3. The molecule has 0 aliphatic carbocycles. The zero-order valence-electron chi connectivity index (χ0n) is 13.3. The Bertz CT molecular complexity index is 516. The molecule has 22 heavy (non-hydrogen) atoms. The van der Waals surface area contributed by atoms with E-state index in [2.05, 4.69) is 11.8 Å². The van der Waals surface area contributed by atoms with E-state index in [9.17, 15) is 4.79 Å². The van der Waals surface area contributed by atoms with Gasteiger partial charge in [-0.15, -0.1) is 11.6 Å². The maximum atomic E-state index is 11.6. The summed E-state index contributed by atoms with van der Waals surface area (Å²) in [6.45, 7) is 5.25. The second kappa shape index (κ2) is 7.70. The molecule has 1 aromatic rings. The van der Waals surface area contributed by atoms with Crippen LogP contribution in [-0.2, 0) is 4.79 Å². The smallest absolute Gasteiger partial charge is 0.237 e. The normalized spacial score (nSPS) is 17.2. The Morgan fingerprint density at radius 3 is 2.45 bits per heavy atom. The summed E-state index contributed by atoms with van der Waals surface area (Å²) >= 11 is 5.62. The van der Waals surface area contributed by atoms with Crippen molar-refractivity contribution in [2.24, 2.45) is 0 Å². The van der Waals surface area contributed by atoms with E-state index in [1.54, 1.807) is 14.2 Å². The zero-order chi connectivity index (χ0) is 16.1. The van der Waals surface area contributed by atoms with Crippen LogP contribution in [0.2, 0.25) is 0 Å². The van der Waals surface area contributed by atoms with Gasteiger partial charge in [-0.25, -0.2) is 0 Å². The fraction of sp³-hybridized carbons (Fsp3) is 0.562. The largest absolute Gasteiger partial charge is 0.497 e. The average molecular weight is 327 g/mol. The van der Waals surface area contributed by atoms with Crippen LogP contribution in [0.5, 0.6) is 11.5 Å². The highest BCUT2D eigenvalue weighted by molar-refractivity contribution is 6.27. The van der Waals surface area contributed by atoms with Gasteiger partial charge in [-0.2, -0.15) is 0 Å². The van der Waals surface area contributed by atoms with Gasteiger partial charge in [-0.3, -0.25) is 9.69 Å². The lowest BCUT2D eigenvalue weighted by molar-refractivity contribution is -0.130. The Balaban J connectivity index is 2.06. The molecule has 1 aliphatic heterocycles. The minimum atomic E-state index is 0.0102. The number of hydrogen-bond donors (Lipinski definition) is 0. The van der Waals surface area contributed by atoms with E-state index in [-0.39, 0.29) is 17.8 Å². The summed E-state index contributed by atoms with van der Waals surface area (Å²) < 4.78 is 10.7. The van der Waals surface area contributed by atoms with E-state index in [0.29, 0.717) is 13.1 Å². The van der Waals surface area contributed by atoms with Crippen molar-refractivity contribution in [2.75, 3.05) is 46.3 Å². The Morgan fingerprint density at radius 1 is 1.23 bits per heavy atom. The molecule has 122 valence electrons. The number of hydrogen-bond acceptors (Lipinski definition) is 4. The summed E-state index contributed by atoms with van der Waals surface area (Å²) in [5, 5.41) is 0. The van der Waals surface area contributed by atoms with Gasteiger partial charge < -0.3 is 14.4 Å². The molecule has 0 unspecified atom stereocenters. The molecule has 0 aromatic heterocycles. The third-order valence-electron chi connectivity index (χ3n) is 4.22. The van der Waals surface area contributed by atoms with E-state index >= 15 is 0 Å². The second-order valence-corrected chi connectivity index (χ2v) is 5.60. The number of amides is 1. The summed E-state index contributed by atoms with van der Waals surface area (Å²) in [6.07, 6.45) is 0. The lowest BCUT2D eigenvalue weighted by atomic mass is 10.0. The van der Waals surface area contributed by atoms with Gasteiger partial charge in [-0.05, 0) is 13.0 Å². The fourth-order valence-electron chi connectivity index (χ4n) is 2.80. The number of methoxy groups -OCH3 is 2. The first-order chi connectivity index (χ1) is 10.6. The van der Waals surface area contributed by atoms with Gasteiger partial charge >= 0.3 is 0 Å². The van der Waals surface area contributed by atoms with E-state index in [0.717, 1.165) is 30.2 Å². The zero-order valence-corrected chi connectivity index (χ0v) is 14.1. The molecule has 2 rings (SSSR count). The first-order valence-electron chi connectivity index (χ1n) is 7.40. The van der Waals surface area contributed by atoms with Crippen LogP contribution in [0, 0.1) is 0 Å². The summed E-state index contributed by atoms with van der Waals surface area (Å²) in [4.78, 5) is 15.8. The molecule has 1 aromatic carbocycles. The molecule has 0 saturated carbocycles. The maximum Gasteiger partial charge on any atom is 0.237 e. The van der Waals surface area contributed by atoms with Gasteiger partial charge in [0.25, 0.3) is 0 Å². The fourth-order valence-corrected chi connectivity index (χ4v) is 2.97. The van der Waals surface area contributed by atoms with Gasteiger partial charge in [0.15, 0.2) is 0 Å². The molecule has 1 fully saturated rings. The standard InChI is InChI=1S/C16H23ClN2O3/c1-12(14-5-4-13(21-2)10-15(14)22-3)18-6-8-19(9-7-18)16(20)11-17/h4-5,10,12H,6-9,11H2,1-3H3/t12-/m0/s1. The Morgan fingerprint density at radius 2 is 1.91 bits per heavy atom. The molecule has 1 amide bonds. The van der Waals surface area contributed by atoms with Gasteiger partial charge in [-0.1, -0.05) is 6.07 Å². The molecule has 1 saturated heterocycles. The number of halogens is 1. The number of benzene rings is 1. The number of piperazine rings is 1. The maximum absolute atomic E-state index is 11.6. The molecule has 1 heterocycles. The van der Waals surface area contributed by atoms with E-state index in [1.807, 2.05) is 23.1 Å². The predicted molar refractivity (Wildman–Crippen MR) is 86.8 cm³/mol. The van der Waals surface area contributed by atoms with Gasteiger partial charge in [0.05, 0.1) is 14.2 Å². The van der Waals surface area contributed by atoms with Crippen LogP contribution in [0.25, 0.3) is 0 Å². The number of alkyl halides is 1. The number of nitrogens with zero attached hydrogens (tertiary/aromatic N) is 2. The van der Waals surface area contributed by atoms with E-state index in [1.165, 1.54) is 0 Å². The highest BCUT2D eigenvalue weighted by Crippen LogP contribution is 2.32. The Hall–Kier alpha value is -1.46. The molecule has 0 bridgehead atoms. The lowest BCUT2D eigenvalue weighted by Crippen LogP contribution is -2.49. The van der Waals surface area contributed by atoms with Crippen LogP contribution < -0.4 is 9.47 Å². The van der Waals surface area contributed by atoms with Crippen molar-refractivity contribution in [1.82, 2.24) is 9.80 Å². The first-order valence-corrected chi connectivity index (χ1v) is 7.93. The van der Waals surface area contributed by atoms with Crippen LogP contribution in [-0.4, -0.2) is 62.0 Å². The first kappa shape index (κ1) is 16.9. The van der Waals surface area contributed by atoms with Crippen molar-refractivity contribution in [3.8, 4) is 11.5 Å². The molecule has 0 spiro atoms. The van der Waals surface area contributed by atoms with E-state index in [4.69, 9.17) is 21.1 Å². The number of ether oxygens (including phenoxy) is 2. The van der Waals surface area contributed by atoms with Crippen LogP contribution >= 0.6 is 11.6 Å². The van der Waals surface area contributed by atoms with Crippen LogP contribution in [0.1, 0.15) is 18.5 Å². The summed E-state index contributed by atoms with van der Waals surface area (Å²) in [5.41, 5.74) is 1.13. The SMILES string of the molecule is COc1ccc([C@H](C)N2CCN(C(=O)CCl)CC2)c(OC)c1. The lowest BCUT2D eigenvalue weighted by Gasteiger charge is -2.38. The molecule has 5 nitrogen and oxygen atoms in total. The Labute approximate surface area is 136 Å². The van der Waals surface area contributed by atoms with Crippen molar-refractivity contribution in [2.45, 2.75) is 13.0 Å². The number of carbonyl (C=O) groups excluding carboxylic acids is 1. The average Bonchev–Trinajstić information content (AvgIpc) is 2.59.